The number of aliphatic imine (C=N–C) groups is 1. The lowest BCUT2D eigenvalue weighted by Crippen LogP contribution is -2.25. The zero-order valence-electron chi connectivity index (χ0n) is 3.96. The molecule has 1 unspecified atom stereocenters. The Morgan fingerprint density at radius 3 is 3.14 bits per heavy atom. The zero-order chi connectivity index (χ0) is 5.11. The Morgan fingerprint density at radius 2 is 2.86 bits per heavy atom. The third kappa shape index (κ3) is 0.976. The molecule has 0 amide bonds. The Bertz CT molecular complexity index is 81.8. The summed E-state index contributed by atoms with van der Waals surface area (Å²) in [5.74, 6) is 0. The van der Waals surface area contributed by atoms with Gasteiger partial charge in [0.25, 0.3) is 0 Å². The molecule has 0 aliphatic carbocycles. The molecule has 7 heavy (non-hydrogen) atoms. The van der Waals surface area contributed by atoms with Crippen LogP contribution in [0.4, 0.5) is 0 Å². The second kappa shape index (κ2) is 2.04. The molecular formula is C4H8N2O. The molecule has 1 atom stereocenters. The first-order valence-electron chi connectivity index (χ1n) is 2.29. The second-order valence-corrected chi connectivity index (χ2v) is 1.44. The van der Waals surface area contributed by atoms with Gasteiger partial charge in [0, 0.05) is 12.8 Å². The molecule has 0 spiro atoms. The molecule has 0 aromatic carbocycles. The van der Waals surface area contributed by atoms with Gasteiger partial charge in [-0.25, -0.2) is 0 Å². The van der Waals surface area contributed by atoms with Crippen LogP contribution in [0.1, 0.15) is 0 Å². The van der Waals surface area contributed by atoms with E-state index in [1.54, 1.807) is 6.21 Å². The second-order valence-electron chi connectivity index (χ2n) is 1.44. The predicted molar refractivity (Wildman–Crippen MR) is 27.4 cm³/mol. The molecule has 1 aliphatic rings. The van der Waals surface area contributed by atoms with Crippen molar-refractivity contribution in [3.05, 3.63) is 0 Å². The van der Waals surface area contributed by atoms with E-state index >= 15 is 0 Å². The summed E-state index contributed by atoms with van der Waals surface area (Å²) in [6.07, 6.45) is 1.74. The van der Waals surface area contributed by atoms with E-state index in [0.29, 0.717) is 0 Å². The monoisotopic (exact) mass is 100 g/mol. The molecule has 1 heterocycles. The number of rotatable bonds is 1. The van der Waals surface area contributed by atoms with E-state index in [0.717, 1.165) is 6.54 Å². The van der Waals surface area contributed by atoms with Crippen molar-refractivity contribution in [2.45, 2.75) is 6.17 Å². The Labute approximate surface area is 42.1 Å². The lowest BCUT2D eigenvalue weighted by atomic mass is 10.6. The number of nitrogens with one attached hydrogen (secondary N) is 1. The fourth-order valence-corrected chi connectivity index (χ4v) is 0.533. The number of hydrogen-bond acceptors (Lipinski definition) is 3. The Kier molecular flexibility index (Phi) is 1.38. The van der Waals surface area contributed by atoms with Crippen LogP contribution in [-0.4, -0.2) is 30.6 Å². The van der Waals surface area contributed by atoms with Gasteiger partial charge >= 0.3 is 0 Å². The van der Waals surface area contributed by atoms with Crippen LogP contribution in [0, 0.1) is 0 Å². The lowest BCUT2D eigenvalue weighted by molar-refractivity contribution is 0.256. The highest BCUT2D eigenvalue weighted by molar-refractivity contribution is 5.61. The molecule has 1 aliphatic heterocycles. The van der Waals surface area contributed by atoms with Gasteiger partial charge in [-0.05, 0) is 0 Å². The first-order valence-corrected chi connectivity index (χ1v) is 2.29. The first kappa shape index (κ1) is 4.74. The van der Waals surface area contributed by atoms with Gasteiger partial charge < -0.3 is 5.11 Å². The van der Waals surface area contributed by atoms with Crippen LogP contribution in [0.15, 0.2) is 4.99 Å². The molecule has 0 aromatic rings. The van der Waals surface area contributed by atoms with E-state index in [2.05, 4.69) is 10.3 Å². The Hall–Kier alpha value is -0.410. The summed E-state index contributed by atoms with van der Waals surface area (Å²) >= 11 is 0. The summed E-state index contributed by atoms with van der Waals surface area (Å²) in [5, 5.41) is 11.3. The molecule has 0 saturated heterocycles. The molecule has 3 heteroatoms. The highest BCUT2D eigenvalue weighted by Crippen LogP contribution is 1.86. The van der Waals surface area contributed by atoms with Gasteiger partial charge in [0.2, 0.25) is 0 Å². The SMILES string of the molecule is OCC1N=CCN1. The van der Waals surface area contributed by atoms with Crippen molar-refractivity contribution in [2.24, 2.45) is 4.99 Å². The van der Waals surface area contributed by atoms with Crippen molar-refractivity contribution in [1.29, 1.82) is 0 Å². The van der Waals surface area contributed by atoms with Crippen molar-refractivity contribution in [3.8, 4) is 0 Å². The van der Waals surface area contributed by atoms with E-state index in [4.69, 9.17) is 5.11 Å². The minimum atomic E-state index is -0.0278. The van der Waals surface area contributed by atoms with E-state index < -0.39 is 0 Å². The molecule has 0 radical (unpaired) electrons. The average molecular weight is 100 g/mol. The van der Waals surface area contributed by atoms with Crippen molar-refractivity contribution in [2.75, 3.05) is 13.2 Å². The molecule has 0 saturated carbocycles. The van der Waals surface area contributed by atoms with Crippen LogP contribution >= 0.6 is 0 Å². The molecule has 2 N–H and O–H groups in total. The number of hydrogen-bond donors (Lipinski definition) is 2. The summed E-state index contributed by atoms with van der Waals surface area (Å²) < 4.78 is 0. The molecular weight excluding hydrogens is 92.1 g/mol. The average Bonchev–Trinajstić information content (AvgIpc) is 2.14. The molecule has 0 bridgehead atoms. The normalized spacial score (nSPS) is 29.0. The summed E-state index contributed by atoms with van der Waals surface area (Å²) in [6, 6.07) is 0. The number of nitrogens with zero attached hydrogens (tertiary/aromatic N) is 1. The van der Waals surface area contributed by atoms with E-state index in [-0.39, 0.29) is 12.8 Å². The van der Waals surface area contributed by atoms with E-state index in [1.165, 1.54) is 0 Å². The maximum absolute atomic E-state index is 8.39. The summed E-state index contributed by atoms with van der Waals surface area (Å²) in [4.78, 5) is 3.87. The topological polar surface area (TPSA) is 44.6 Å². The number of aliphatic hydroxyl groups excluding tert-OH is 1. The van der Waals surface area contributed by atoms with Gasteiger partial charge in [-0.3, -0.25) is 10.3 Å². The molecule has 0 aromatic heterocycles. The largest absolute Gasteiger partial charge is 0.393 e. The maximum atomic E-state index is 8.39. The van der Waals surface area contributed by atoms with Crippen LogP contribution in [0.3, 0.4) is 0 Å². The fraction of sp³-hybridized carbons (Fsp3) is 0.750. The lowest BCUT2D eigenvalue weighted by Gasteiger charge is -1.99. The van der Waals surface area contributed by atoms with Gasteiger partial charge in [-0.2, -0.15) is 0 Å². The highest BCUT2D eigenvalue weighted by Gasteiger charge is 2.04. The minimum absolute atomic E-state index is 0.0278. The van der Waals surface area contributed by atoms with Crippen LogP contribution in [0.2, 0.25) is 0 Å². The first-order chi connectivity index (χ1) is 3.43. The maximum Gasteiger partial charge on any atom is 0.123 e. The Morgan fingerprint density at radius 1 is 2.00 bits per heavy atom. The van der Waals surface area contributed by atoms with Crippen LogP contribution < -0.4 is 5.32 Å². The van der Waals surface area contributed by atoms with Gasteiger partial charge in [-0.1, -0.05) is 0 Å². The van der Waals surface area contributed by atoms with E-state index in [1.807, 2.05) is 0 Å². The molecule has 0 fully saturated rings. The quantitative estimate of drug-likeness (QED) is 0.443. The zero-order valence-corrected chi connectivity index (χ0v) is 3.96. The Balaban J connectivity index is 2.28. The standard InChI is InChI=1S/C4H8N2O/c7-3-4-5-1-2-6-4/h1,4,6-7H,2-3H2. The van der Waals surface area contributed by atoms with Gasteiger partial charge in [0.05, 0.1) is 6.61 Å². The van der Waals surface area contributed by atoms with Crippen LogP contribution in [0.5, 0.6) is 0 Å². The van der Waals surface area contributed by atoms with Crippen molar-refractivity contribution >= 4 is 6.21 Å². The molecule has 40 valence electrons. The minimum Gasteiger partial charge on any atom is -0.393 e. The van der Waals surface area contributed by atoms with Gasteiger partial charge in [0.15, 0.2) is 0 Å². The molecule has 3 nitrogen and oxygen atoms in total. The fourth-order valence-electron chi connectivity index (χ4n) is 0.533. The summed E-state index contributed by atoms with van der Waals surface area (Å²) in [5.41, 5.74) is 0. The third-order valence-corrected chi connectivity index (χ3v) is 0.903. The van der Waals surface area contributed by atoms with Gasteiger partial charge in [0.1, 0.15) is 6.17 Å². The van der Waals surface area contributed by atoms with Crippen LogP contribution in [0.25, 0.3) is 0 Å². The van der Waals surface area contributed by atoms with Crippen molar-refractivity contribution in [3.63, 3.8) is 0 Å². The highest BCUT2D eigenvalue weighted by atomic mass is 16.3. The van der Waals surface area contributed by atoms with Crippen molar-refractivity contribution < 1.29 is 5.11 Å². The number of aliphatic hydroxyl groups is 1. The predicted octanol–water partition coefficient (Wildman–Crippen LogP) is -1.02. The smallest absolute Gasteiger partial charge is 0.123 e. The molecule has 1 rings (SSSR count). The van der Waals surface area contributed by atoms with Crippen LogP contribution in [-0.2, 0) is 0 Å². The van der Waals surface area contributed by atoms with Crippen molar-refractivity contribution in [1.82, 2.24) is 5.32 Å². The summed E-state index contributed by atoms with van der Waals surface area (Å²) in [7, 11) is 0. The summed E-state index contributed by atoms with van der Waals surface area (Å²) in [6.45, 7) is 0.904. The van der Waals surface area contributed by atoms with E-state index in [9.17, 15) is 0 Å². The van der Waals surface area contributed by atoms with Gasteiger partial charge in [-0.15, -0.1) is 0 Å². The third-order valence-electron chi connectivity index (χ3n) is 0.903.